The van der Waals surface area contributed by atoms with E-state index in [1.54, 1.807) is 24.3 Å². The first kappa shape index (κ1) is 18.8. The molecule has 0 aliphatic carbocycles. The fourth-order valence-electron chi connectivity index (χ4n) is 3.03. The lowest BCUT2D eigenvalue weighted by atomic mass is 9.97. The third-order valence-corrected chi connectivity index (χ3v) is 4.49. The first-order valence-corrected chi connectivity index (χ1v) is 9.02. The van der Waals surface area contributed by atoms with E-state index in [9.17, 15) is 15.3 Å². The number of hydrogen-bond donors (Lipinski definition) is 3. The minimum absolute atomic E-state index is 0.221. The van der Waals surface area contributed by atoms with Gasteiger partial charge in [0.15, 0.2) is 0 Å². The van der Waals surface area contributed by atoms with Gasteiger partial charge in [-0.1, -0.05) is 30.3 Å². The van der Waals surface area contributed by atoms with E-state index in [0.717, 1.165) is 27.8 Å². The number of aromatic hydroxyl groups is 3. The Morgan fingerprint density at radius 3 is 1.81 bits per heavy atom. The van der Waals surface area contributed by atoms with E-state index in [1.165, 1.54) is 0 Å². The van der Waals surface area contributed by atoms with Crippen LogP contribution in [0.5, 0.6) is 17.2 Å². The summed E-state index contributed by atoms with van der Waals surface area (Å²) in [6, 6.07) is 18.0. The van der Waals surface area contributed by atoms with Gasteiger partial charge in [-0.05, 0) is 65.1 Å². The molecule has 0 radical (unpaired) electrons. The Morgan fingerprint density at radius 2 is 1.19 bits per heavy atom. The van der Waals surface area contributed by atoms with E-state index in [-0.39, 0.29) is 17.2 Å². The maximum Gasteiger partial charge on any atom is 0.119 e. The summed E-state index contributed by atoms with van der Waals surface area (Å²) < 4.78 is 5.44. The maximum absolute atomic E-state index is 10.2. The van der Waals surface area contributed by atoms with Crippen molar-refractivity contribution >= 4 is 0 Å². The second-order valence-corrected chi connectivity index (χ2v) is 6.58. The molecule has 0 unspecified atom stereocenters. The van der Waals surface area contributed by atoms with Gasteiger partial charge in [0, 0.05) is 19.4 Å². The highest BCUT2D eigenvalue weighted by molar-refractivity contribution is 5.44. The monoisotopic (exact) mass is 364 g/mol. The summed E-state index contributed by atoms with van der Waals surface area (Å²) in [5, 5.41) is 29.8. The van der Waals surface area contributed by atoms with Crippen molar-refractivity contribution in [3.63, 3.8) is 0 Å². The highest BCUT2D eigenvalue weighted by atomic mass is 16.5. The van der Waals surface area contributed by atoms with Crippen molar-refractivity contribution in [3.8, 4) is 17.2 Å². The van der Waals surface area contributed by atoms with E-state index in [2.05, 4.69) is 0 Å². The van der Waals surface area contributed by atoms with Crippen molar-refractivity contribution < 1.29 is 20.1 Å². The van der Waals surface area contributed by atoms with Crippen LogP contribution in [0, 0.1) is 0 Å². The Morgan fingerprint density at radius 1 is 0.667 bits per heavy atom. The van der Waals surface area contributed by atoms with Gasteiger partial charge in [0.05, 0.1) is 6.61 Å². The van der Waals surface area contributed by atoms with Crippen LogP contribution in [-0.2, 0) is 24.2 Å². The van der Waals surface area contributed by atoms with Gasteiger partial charge in [-0.3, -0.25) is 0 Å². The van der Waals surface area contributed by atoms with Gasteiger partial charge in [0.1, 0.15) is 17.2 Å². The zero-order valence-electron chi connectivity index (χ0n) is 15.4. The molecule has 3 aromatic rings. The van der Waals surface area contributed by atoms with Crippen LogP contribution in [0.1, 0.15) is 34.7 Å². The maximum atomic E-state index is 10.2. The van der Waals surface area contributed by atoms with Gasteiger partial charge >= 0.3 is 0 Å². The van der Waals surface area contributed by atoms with Crippen molar-refractivity contribution in [3.05, 3.63) is 88.5 Å². The van der Waals surface area contributed by atoms with E-state index >= 15 is 0 Å². The van der Waals surface area contributed by atoms with Crippen LogP contribution < -0.4 is 0 Å². The number of benzene rings is 3. The first-order valence-electron chi connectivity index (χ1n) is 9.02. The number of rotatable bonds is 7. The number of ether oxygens (including phenoxy) is 1. The average molecular weight is 364 g/mol. The Hall–Kier alpha value is -2.98. The van der Waals surface area contributed by atoms with Crippen molar-refractivity contribution in [2.45, 2.75) is 26.4 Å². The molecule has 4 nitrogen and oxygen atoms in total. The molecule has 3 rings (SSSR count). The molecule has 140 valence electrons. The topological polar surface area (TPSA) is 69.9 Å². The van der Waals surface area contributed by atoms with Crippen LogP contribution in [0.2, 0.25) is 0 Å². The zero-order valence-corrected chi connectivity index (χ0v) is 15.4. The molecule has 0 bridgehead atoms. The quantitative estimate of drug-likeness (QED) is 0.576. The molecule has 0 saturated heterocycles. The molecule has 0 spiro atoms. The number of phenols is 3. The molecule has 0 fully saturated rings. The summed E-state index contributed by atoms with van der Waals surface area (Å²) in [6.07, 6.45) is 1.13. The highest BCUT2D eigenvalue weighted by Crippen LogP contribution is 2.27. The van der Waals surface area contributed by atoms with Crippen LogP contribution in [0.15, 0.2) is 60.7 Å². The molecule has 0 amide bonds. The minimum Gasteiger partial charge on any atom is -0.508 e. The molecular weight excluding hydrogens is 340 g/mol. The van der Waals surface area contributed by atoms with Crippen molar-refractivity contribution in [2.75, 3.05) is 6.61 Å². The lowest BCUT2D eigenvalue weighted by molar-refractivity contribution is 0.134. The van der Waals surface area contributed by atoms with Gasteiger partial charge in [0.2, 0.25) is 0 Å². The second-order valence-electron chi connectivity index (χ2n) is 6.58. The van der Waals surface area contributed by atoms with Gasteiger partial charge < -0.3 is 20.1 Å². The fourth-order valence-corrected chi connectivity index (χ4v) is 3.03. The smallest absolute Gasteiger partial charge is 0.119 e. The third-order valence-electron chi connectivity index (χ3n) is 4.49. The van der Waals surface area contributed by atoms with Gasteiger partial charge in [0.25, 0.3) is 0 Å². The Labute approximate surface area is 159 Å². The predicted molar refractivity (Wildman–Crippen MR) is 105 cm³/mol. The molecule has 3 N–H and O–H groups in total. The normalized spacial score (nSPS) is 10.9. The summed E-state index contributed by atoms with van der Waals surface area (Å²) >= 11 is 0. The van der Waals surface area contributed by atoms with Gasteiger partial charge in [-0.2, -0.15) is 0 Å². The van der Waals surface area contributed by atoms with Gasteiger partial charge in [-0.25, -0.2) is 0 Å². The summed E-state index contributed by atoms with van der Waals surface area (Å²) in [5.74, 6) is 0.712. The first-order chi connectivity index (χ1) is 13.0. The Bertz CT molecular complexity index is 901. The lowest BCUT2D eigenvalue weighted by Crippen LogP contribution is -1.96. The molecule has 0 aliphatic heterocycles. The summed E-state index contributed by atoms with van der Waals surface area (Å²) in [4.78, 5) is 0. The Kier molecular flexibility index (Phi) is 5.99. The zero-order chi connectivity index (χ0) is 19.2. The van der Waals surface area contributed by atoms with E-state index in [1.807, 2.05) is 43.3 Å². The van der Waals surface area contributed by atoms with Crippen LogP contribution >= 0.6 is 0 Å². The average Bonchev–Trinajstić information content (AvgIpc) is 2.67. The minimum atomic E-state index is 0.221. The van der Waals surface area contributed by atoms with E-state index < -0.39 is 0 Å². The van der Waals surface area contributed by atoms with Crippen LogP contribution in [0.4, 0.5) is 0 Å². The molecule has 3 aromatic carbocycles. The fraction of sp³-hybridized carbons (Fsp3) is 0.217. The summed E-state index contributed by atoms with van der Waals surface area (Å²) in [7, 11) is 0. The number of hydrogen-bond acceptors (Lipinski definition) is 4. The van der Waals surface area contributed by atoms with Crippen LogP contribution in [0.25, 0.3) is 0 Å². The van der Waals surface area contributed by atoms with Crippen molar-refractivity contribution in [1.29, 1.82) is 0 Å². The summed E-state index contributed by atoms with van der Waals surface area (Å²) in [5.41, 5.74) is 4.66. The van der Waals surface area contributed by atoms with E-state index in [0.29, 0.717) is 26.1 Å². The molecule has 0 saturated carbocycles. The molecular formula is C23H24O4. The summed E-state index contributed by atoms with van der Waals surface area (Å²) in [6.45, 7) is 3.12. The highest BCUT2D eigenvalue weighted by Gasteiger charge is 2.09. The standard InChI is InChI=1S/C23H24O4/c1-2-27-15-18-6-10-23(26)20(14-18)13-17-5-9-22(25)19(12-17)11-16-3-7-21(24)8-4-16/h3-10,12,14,24-26H,2,11,13,15H2,1H3. The SMILES string of the molecule is CCOCc1ccc(O)c(Cc2ccc(O)c(Cc3ccc(O)cc3)c2)c1. The van der Waals surface area contributed by atoms with Gasteiger partial charge in [-0.15, -0.1) is 0 Å². The molecule has 0 atom stereocenters. The van der Waals surface area contributed by atoms with E-state index in [4.69, 9.17) is 4.74 Å². The molecule has 0 aliphatic rings. The largest absolute Gasteiger partial charge is 0.508 e. The second kappa shape index (κ2) is 8.60. The molecule has 4 heteroatoms. The van der Waals surface area contributed by atoms with Crippen molar-refractivity contribution in [2.24, 2.45) is 0 Å². The lowest BCUT2D eigenvalue weighted by Gasteiger charge is -2.11. The van der Waals surface area contributed by atoms with Crippen molar-refractivity contribution in [1.82, 2.24) is 0 Å². The Balaban J connectivity index is 1.80. The molecule has 0 aromatic heterocycles. The predicted octanol–water partition coefficient (Wildman–Crippen LogP) is 4.52. The van der Waals surface area contributed by atoms with Crippen LogP contribution in [-0.4, -0.2) is 21.9 Å². The third kappa shape index (κ3) is 5.02. The molecule has 0 heterocycles. The number of phenolic OH excluding ortho intramolecular Hbond substituents is 3. The molecule has 27 heavy (non-hydrogen) atoms. The van der Waals surface area contributed by atoms with Crippen LogP contribution in [0.3, 0.4) is 0 Å².